The van der Waals surface area contributed by atoms with Gasteiger partial charge in [-0.1, -0.05) is 57.1 Å². The monoisotopic (exact) mass is 330 g/mol. The first-order valence-electron chi connectivity index (χ1n) is 9.33. The SMILES string of the molecule is Cc1cccc(C(=O)NN=C2CCCCCCCCCCC2)c1O. The molecule has 0 saturated heterocycles. The second-order valence-corrected chi connectivity index (χ2v) is 6.77. The number of amides is 1. The number of nitrogens with zero attached hydrogens (tertiary/aromatic N) is 1. The molecule has 1 saturated carbocycles. The van der Waals surface area contributed by atoms with Gasteiger partial charge in [-0.3, -0.25) is 4.79 Å². The van der Waals surface area contributed by atoms with Gasteiger partial charge in [0.2, 0.25) is 0 Å². The largest absolute Gasteiger partial charge is 0.507 e. The topological polar surface area (TPSA) is 61.7 Å². The van der Waals surface area contributed by atoms with Gasteiger partial charge in [0.15, 0.2) is 0 Å². The summed E-state index contributed by atoms with van der Waals surface area (Å²) in [6, 6.07) is 5.18. The number of rotatable bonds is 2. The molecule has 1 aromatic carbocycles. The lowest BCUT2D eigenvalue weighted by molar-refractivity contribution is 0.0952. The van der Waals surface area contributed by atoms with Gasteiger partial charge in [-0.25, -0.2) is 5.43 Å². The van der Waals surface area contributed by atoms with E-state index in [0.717, 1.165) is 31.4 Å². The Balaban J connectivity index is 1.95. The van der Waals surface area contributed by atoms with E-state index in [4.69, 9.17) is 0 Å². The van der Waals surface area contributed by atoms with Crippen LogP contribution in [-0.2, 0) is 0 Å². The first kappa shape index (κ1) is 18.5. The number of benzene rings is 1. The maximum absolute atomic E-state index is 12.3. The van der Waals surface area contributed by atoms with Gasteiger partial charge in [0.05, 0.1) is 5.56 Å². The summed E-state index contributed by atoms with van der Waals surface area (Å²) in [4.78, 5) is 12.3. The molecule has 2 rings (SSSR count). The Morgan fingerprint density at radius 3 is 2.08 bits per heavy atom. The highest BCUT2D eigenvalue weighted by molar-refractivity contribution is 5.98. The van der Waals surface area contributed by atoms with Crippen molar-refractivity contribution < 1.29 is 9.90 Å². The minimum absolute atomic E-state index is 0.0360. The van der Waals surface area contributed by atoms with Crippen LogP contribution in [0.15, 0.2) is 23.3 Å². The van der Waals surface area contributed by atoms with Gasteiger partial charge in [-0.2, -0.15) is 5.10 Å². The quantitative estimate of drug-likeness (QED) is 0.742. The zero-order chi connectivity index (χ0) is 17.2. The predicted molar refractivity (Wildman–Crippen MR) is 98.5 cm³/mol. The molecule has 132 valence electrons. The third-order valence-corrected chi connectivity index (χ3v) is 4.73. The highest BCUT2D eigenvalue weighted by Gasteiger charge is 2.12. The van der Waals surface area contributed by atoms with E-state index >= 15 is 0 Å². The normalized spacial score (nSPS) is 17.5. The van der Waals surface area contributed by atoms with Crippen LogP contribution in [0.3, 0.4) is 0 Å². The van der Waals surface area contributed by atoms with Crippen molar-refractivity contribution in [1.82, 2.24) is 5.43 Å². The molecule has 4 nitrogen and oxygen atoms in total. The molecular weight excluding hydrogens is 300 g/mol. The molecule has 0 aliphatic heterocycles. The molecule has 1 aliphatic rings. The van der Waals surface area contributed by atoms with E-state index in [1.165, 1.54) is 44.9 Å². The van der Waals surface area contributed by atoms with E-state index in [2.05, 4.69) is 10.5 Å². The van der Waals surface area contributed by atoms with Crippen LogP contribution >= 0.6 is 0 Å². The standard InChI is InChI=1S/C20H30N2O2/c1-16-12-11-15-18(19(16)23)20(24)22-21-17-13-9-7-5-3-2-4-6-8-10-14-17/h11-12,15,23H,2-10,13-14H2,1H3,(H,22,24). The average Bonchev–Trinajstić information content (AvgIpc) is 2.56. The number of carbonyl (C=O) groups excluding carboxylic acids is 1. The fourth-order valence-corrected chi connectivity index (χ4v) is 3.16. The second kappa shape index (κ2) is 10.1. The van der Waals surface area contributed by atoms with Crippen LogP contribution in [0.4, 0.5) is 0 Å². The molecule has 0 aromatic heterocycles. The summed E-state index contributed by atoms with van der Waals surface area (Å²) in [5.74, 6) is -0.302. The lowest BCUT2D eigenvalue weighted by Gasteiger charge is -2.10. The van der Waals surface area contributed by atoms with Crippen LogP contribution in [0.25, 0.3) is 0 Å². The number of nitrogens with one attached hydrogen (secondary N) is 1. The summed E-state index contributed by atoms with van der Waals surface area (Å²) in [6.45, 7) is 1.78. The lowest BCUT2D eigenvalue weighted by Crippen LogP contribution is -2.20. The molecule has 0 spiro atoms. The number of hydrogen-bond acceptors (Lipinski definition) is 3. The van der Waals surface area contributed by atoms with Crippen molar-refractivity contribution in [3.05, 3.63) is 29.3 Å². The third-order valence-electron chi connectivity index (χ3n) is 4.73. The van der Waals surface area contributed by atoms with E-state index < -0.39 is 0 Å². The van der Waals surface area contributed by atoms with Crippen LogP contribution < -0.4 is 5.43 Å². The van der Waals surface area contributed by atoms with E-state index in [-0.39, 0.29) is 17.2 Å². The Bertz CT molecular complexity index is 553. The number of phenols is 1. The van der Waals surface area contributed by atoms with Crippen molar-refractivity contribution in [2.24, 2.45) is 5.10 Å². The molecular formula is C20H30N2O2. The first-order chi connectivity index (χ1) is 11.7. The van der Waals surface area contributed by atoms with Crippen LogP contribution in [0.2, 0.25) is 0 Å². The number of carbonyl (C=O) groups is 1. The van der Waals surface area contributed by atoms with Crippen molar-refractivity contribution in [2.45, 2.75) is 77.6 Å². The van der Waals surface area contributed by atoms with Gasteiger partial charge in [0.1, 0.15) is 5.75 Å². The summed E-state index contributed by atoms with van der Waals surface area (Å²) in [5, 5.41) is 14.4. The van der Waals surface area contributed by atoms with Gasteiger partial charge < -0.3 is 5.11 Å². The van der Waals surface area contributed by atoms with E-state index in [1.807, 2.05) is 0 Å². The molecule has 1 fully saturated rings. The number of aryl methyl sites for hydroxylation is 1. The van der Waals surface area contributed by atoms with Gasteiger partial charge in [-0.05, 0) is 44.2 Å². The summed E-state index contributed by atoms with van der Waals surface area (Å²) >= 11 is 0. The fraction of sp³-hybridized carbons (Fsp3) is 0.600. The summed E-state index contributed by atoms with van der Waals surface area (Å²) in [7, 11) is 0. The number of aromatic hydroxyl groups is 1. The molecule has 2 N–H and O–H groups in total. The Labute approximate surface area is 145 Å². The maximum Gasteiger partial charge on any atom is 0.275 e. The van der Waals surface area contributed by atoms with E-state index in [9.17, 15) is 9.90 Å². The fourth-order valence-electron chi connectivity index (χ4n) is 3.16. The molecule has 0 radical (unpaired) electrons. The number of hydrazone groups is 1. The van der Waals surface area contributed by atoms with Gasteiger partial charge in [0, 0.05) is 5.71 Å². The Hall–Kier alpha value is -1.84. The molecule has 0 bridgehead atoms. The molecule has 1 amide bonds. The van der Waals surface area contributed by atoms with Crippen LogP contribution in [0, 0.1) is 6.92 Å². The van der Waals surface area contributed by atoms with Crippen LogP contribution in [0.5, 0.6) is 5.75 Å². The van der Waals surface area contributed by atoms with E-state index in [0.29, 0.717) is 5.56 Å². The Morgan fingerprint density at radius 1 is 0.958 bits per heavy atom. The number of hydrogen-bond donors (Lipinski definition) is 2. The first-order valence-corrected chi connectivity index (χ1v) is 9.33. The molecule has 4 heteroatoms. The minimum Gasteiger partial charge on any atom is -0.507 e. The maximum atomic E-state index is 12.3. The highest BCUT2D eigenvalue weighted by atomic mass is 16.3. The van der Waals surface area contributed by atoms with Crippen molar-refractivity contribution in [2.75, 3.05) is 0 Å². The predicted octanol–water partition coefficient (Wildman–Crippen LogP) is 5.09. The van der Waals surface area contributed by atoms with Crippen LogP contribution in [-0.4, -0.2) is 16.7 Å². The number of para-hydroxylation sites is 1. The Kier molecular flexibility index (Phi) is 7.80. The molecule has 24 heavy (non-hydrogen) atoms. The number of phenolic OH excluding ortho intramolecular Hbond substituents is 1. The molecule has 0 unspecified atom stereocenters. The molecule has 1 aromatic rings. The average molecular weight is 330 g/mol. The second-order valence-electron chi connectivity index (χ2n) is 6.77. The smallest absolute Gasteiger partial charge is 0.275 e. The van der Waals surface area contributed by atoms with Crippen molar-refractivity contribution >= 4 is 11.6 Å². The minimum atomic E-state index is -0.338. The summed E-state index contributed by atoms with van der Waals surface area (Å²) < 4.78 is 0. The summed E-state index contributed by atoms with van der Waals surface area (Å²) in [6.07, 6.45) is 13.3. The molecule has 0 heterocycles. The Morgan fingerprint density at radius 2 is 1.50 bits per heavy atom. The zero-order valence-electron chi connectivity index (χ0n) is 14.8. The molecule has 1 aliphatic carbocycles. The third kappa shape index (κ3) is 5.99. The van der Waals surface area contributed by atoms with E-state index in [1.54, 1.807) is 25.1 Å². The lowest BCUT2D eigenvalue weighted by atomic mass is 10.00. The van der Waals surface area contributed by atoms with Gasteiger partial charge >= 0.3 is 0 Å². The van der Waals surface area contributed by atoms with Gasteiger partial charge in [-0.15, -0.1) is 0 Å². The summed E-state index contributed by atoms with van der Waals surface area (Å²) in [5.41, 5.74) is 4.70. The van der Waals surface area contributed by atoms with Crippen molar-refractivity contribution in [1.29, 1.82) is 0 Å². The highest BCUT2D eigenvalue weighted by Crippen LogP contribution is 2.21. The van der Waals surface area contributed by atoms with Gasteiger partial charge in [0.25, 0.3) is 5.91 Å². The zero-order valence-corrected chi connectivity index (χ0v) is 14.8. The van der Waals surface area contributed by atoms with Crippen molar-refractivity contribution in [3.63, 3.8) is 0 Å². The van der Waals surface area contributed by atoms with Crippen molar-refractivity contribution in [3.8, 4) is 5.75 Å². The van der Waals surface area contributed by atoms with Crippen LogP contribution in [0.1, 0.15) is 86.6 Å². The molecule has 0 atom stereocenters.